The molecule has 1 aromatic heterocycles. The van der Waals surface area contributed by atoms with Gasteiger partial charge in [0.2, 0.25) is 0 Å². The van der Waals surface area contributed by atoms with Crippen molar-refractivity contribution in [2.24, 2.45) is 0 Å². The van der Waals surface area contributed by atoms with E-state index in [-0.39, 0.29) is 23.3 Å². The van der Waals surface area contributed by atoms with Crippen LogP contribution in [0.25, 0.3) is 5.57 Å². The number of ether oxygens (including phenoxy) is 1. The normalized spacial score (nSPS) is 23.9. The number of rotatable bonds is 3. The molecule has 7 nitrogen and oxygen atoms in total. The van der Waals surface area contributed by atoms with E-state index in [9.17, 15) is 15.2 Å². The SMILES string of the molecule is CCOC(=O)C1=C2NC3(CCCC3)CN2C(O)C(C#N)=C1c1ccco1. The van der Waals surface area contributed by atoms with Crippen molar-refractivity contribution < 1.29 is 19.1 Å². The molecule has 1 spiro atoms. The number of nitrogens with one attached hydrogen (secondary N) is 1. The van der Waals surface area contributed by atoms with Gasteiger partial charge in [0.15, 0.2) is 6.23 Å². The van der Waals surface area contributed by atoms with Crippen molar-refractivity contribution in [1.29, 1.82) is 5.26 Å². The minimum absolute atomic E-state index is 0.101. The van der Waals surface area contributed by atoms with E-state index in [2.05, 4.69) is 11.4 Å². The van der Waals surface area contributed by atoms with Crippen molar-refractivity contribution in [3.05, 3.63) is 41.1 Å². The number of furan rings is 1. The number of carbonyl (C=O) groups excluding carboxylic acids is 1. The molecule has 1 aromatic rings. The number of hydrogen-bond donors (Lipinski definition) is 2. The predicted octanol–water partition coefficient (Wildman–Crippen LogP) is 1.88. The molecule has 7 heteroatoms. The summed E-state index contributed by atoms with van der Waals surface area (Å²) in [6.45, 7) is 2.51. The molecule has 2 fully saturated rings. The number of fused-ring (bicyclic) bond motifs is 1. The highest BCUT2D eigenvalue weighted by Gasteiger charge is 2.50. The summed E-state index contributed by atoms with van der Waals surface area (Å²) in [5.74, 6) is 0.370. The first kappa shape index (κ1) is 16.7. The average molecular weight is 355 g/mol. The third-order valence-corrected chi connectivity index (χ3v) is 5.38. The number of nitriles is 1. The topological polar surface area (TPSA) is 98.7 Å². The zero-order valence-electron chi connectivity index (χ0n) is 14.6. The molecule has 1 atom stereocenters. The lowest BCUT2D eigenvalue weighted by Crippen LogP contribution is -2.41. The van der Waals surface area contributed by atoms with Gasteiger partial charge in [0.25, 0.3) is 0 Å². The van der Waals surface area contributed by atoms with Crippen molar-refractivity contribution in [2.75, 3.05) is 13.2 Å². The zero-order chi connectivity index (χ0) is 18.3. The quantitative estimate of drug-likeness (QED) is 0.799. The maximum absolute atomic E-state index is 12.8. The molecule has 26 heavy (non-hydrogen) atoms. The molecule has 1 unspecified atom stereocenters. The highest BCUT2D eigenvalue weighted by Crippen LogP contribution is 2.44. The van der Waals surface area contributed by atoms with Gasteiger partial charge in [-0.2, -0.15) is 5.26 Å². The molecule has 0 radical (unpaired) electrons. The second kappa shape index (κ2) is 6.22. The summed E-state index contributed by atoms with van der Waals surface area (Å²) in [7, 11) is 0. The fourth-order valence-corrected chi connectivity index (χ4v) is 4.25. The Bertz CT molecular complexity index is 825. The van der Waals surface area contributed by atoms with E-state index in [1.54, 1.807) is 24.0 Å². The average Bonchev–Trinajstić information content (AvgIpc) is 3.36. The molecule has 1 aliphatic carbocycles. The van der Waals surface area contributed by atoms with E-state index in [0.717, 1.165) is 25.7 Å². The zero-order valence-corrected chi connectivity index (χ0v) is 14.6. The molecule has 2 N–H and O–H groups in total. The first-order valence-corrected chi connectivity index (χ1v) is 8.93. The van der Waals surface area contributed by atoms with Gasteiger partial charge in [0.1, 0.15) is 23.2 Å². The Labute approximate surface area is 151 Å². The largest absolute Gasteiger partial charge is 0.464 e. The van der Waals surface area contributed by atoms with Crippen LogP contribution in [0.15, 0.2) is 39.8 Å². The summed E-state index contributed by atoms with van der Waals surface area (Å²) in [5, 5.41) is 24.0. The summed E-state index contributed by atoms with van der Waals surface area (Å²) >= 11 is 0. The van der Waals surface area contributed by atoms with Gasteiger partial charge in [-0.05, 0) is 31.9 Å². The molecule has 2 aliphatic heterocycles. The minimum atomic E-state index is -1.12. The monoisotopic (exact) mass is 355 g/mol. The third kappa shape index (κ3) is 2.41. The number of esters is 1. The predicted molar refractivity (Wildman–Crippen MR) is 91.9 cm³/mol. The first-order chi connectivity index (χ1) is 12.6. The lowest BCUT2D eigenvalue weighted by molar-refractivity contribution is -0.138. The molecule has 3 heterocycles. The standard InChI is InChI=1S/C19H21N3O4/c1-2-25-18(24)15-14(13-6-5-9-26-13)12(10-20)17(23)22-11-19(21-16(15)22)7-3-4-8-19/h5-6,9,17,21,23H,2-4,7-8,11H2,1H3. The second-order valence-corrected chi connectivity index (χ2v) is 6.94. The van der Waals surface area contributed by atoms with Crippen molar-refractivity contribution in [3.63, 3.8) is 0 Å². The third-order valence-electron chi connectivity index (χ3n) is 5.38. The van der Waals surface area contributed by atoms with E-state index in [4.69, 9.17) is 9.15 Å². The van der Waals surface area contributed by atoms with E-state index < -0.39 is 12.2 Å². The van der Waals surface area contributed by atoms with Crippen LogP contribution in [-0.4, -0.2) is 40.9 Å². The summed E-state index contributed by atoms with van der Waals surface area (Å²) in [6.07, 6.45) is 4.48. The van der Waals surface area contributed by atoms with Crippen LogP contribution in [-0.2, 0) is 9.53 Å². The van der Waals surface area contributed by atoms with Gasteiger partial charge in [-0.15, -0.1) is 0 Å². The van der Waals surface area contributed by atoms with E-state index in [1.165, 1.54) is 6.26 Å². The molecule has 0 bridgehead atoms. The first-order valence-electron chi connectivity index (χ1n) is 8.93. The number of nitrogens with zero attached hydrogens (tertiary/aromatic N) is 2. The molecule has 4 rings (SSSR count). The Morgan fingerprint density at radius 2 is 2.31 bits per heavy atom. The fraction of sp³-hybridized carbons (Fsp3) is 0.474. The summed E-state index contributed by atoms with van der Waals surface area (Å²) in [5.41, 5.74) is 0.487. The van der Waals surface area contributed by atoms with Crippen LogP contribution in [0.3, 0.4) is 0 Å². The maximum Gasteiger partial charge on any atom is 0.342 e. The fourth-order valence-electron chi connectivity index (χ4n) is 4.25. The summed E-state index contributed by atoms with van der Waals surface area (Å²) in [4.78, 5) is 14.5. The van der Waals surface area contributed by atoms with Crippen LogP contribution in [0, 0.1) is 11.3 Å². The van der Waals surface area contributed by atoms with Gasteiger partial charge in [0.05, 0.1) is 29.6 Å². The van der Waals surface area contributed by atoms with E-state index in [1.807, 2.05) is 0 Å². The molecule has 1 saturated heterocycles. The number of carbonyl (C=O) groups is 1. The summed E-state index contributed by atoms with van der Waals surface area (Å²) in [6, 6.07) is 5.43. The van der Waals surface area contributed by atoms with Crippen LogP contribution < -0.4 is 5.32 Å². The van der Waals surface area contributed by atoms with Crippen LogP contribution in [0.2, 0.25) is 0 Å². The van der Waals surface area contributed by atoms with Gasteiger partial charge < -0.3 is 24.5 Å². The lowest BCUT2D eigenvalue weighted by Gasteiger charge is -2.32. The van der Waals surface area contributed by atoms with E-state index in [0.29, 0.717) is 23.7 Å². The summed E-state index contributed by atoms with van der Waals surface area (Å²) < 4.78 is 10.7. The van der Waals surface area contributed by atoms with Gasteiger partial charge >= 0.3 is 5.97 Å². The molecule has 136 valence electrons. The molecular formula is C19H21N3O4. The van der Waals surface area contributed by atoms with Gasteiger partial charge in [-0.1, -0.05) is 12.8 Å². The smallest absolute Gasteiger partial charge is 0.342 e. The van der Waals surface area contributed by atoms with Crippen molar-refractivity contribution >= 4 is 11.5 Å². The number of aliphatic hydroxyl groups excluding tert-OH is 1. The van der Waals surface area contributed by atoms with Gasteiger partial charge in [-0.3, -0.25) is 0 Å². The van der Waals surface area contributed by atoms with Crippen LogP contribution in [0.5, 0.6) is 0 Å². The Kier molecular flexibility index (Phi) is 4.00. The maximum atomic E-state index is 12.8. The second-order valence-electron chi connectivity index (χ2n) is 6.94. The van der Waals surface area contributed by atoms with Gasteiger partial charge in [0, 0.05) is 6.54 Å². The minimum Gasteiger partial charge on any atom is -0.464 e. The van der Waals surface area contributed by atoms with Crippen molar-refractivity contribution in [2.45, 2.75) is 44.4 Å². The molecule has 1 saturated carbocycles. The van der Waals surface area contributed by atoms with E-state index >= 15 is 0 Å². The van der Waals surface area contributed by atoms with Gasteiger partial charge in [-0.25, -0.2) is 4.79 Å². The molecular weight excluding hydrogens is 334 g/mol. The molecule has 0 amide bonds. The number of aliphatic hydroxyl groups is 1. The Morgan fingerprint density at radius 3 is 2.92 bits per heavy atom. The van der Waals surface area contributed by atoms with Crippen LogP contribution in [0.4, 0.5) is 0 Å². The van der Waals surface area contributed by atoms with Crippen molar-refractivity contribution in [3.8, 4) is 6.07 Å². The Hall–Kier alpha value is -2.72. The Morgan fingerprint density at radius 1 is 1.54 bits per heavy atom. The molecule has 0 aromatic carbocycles. The van der Waals surface area contributed by atoms with Crippen LogP contribution in [0.1, 0.15) is 38.4 Å². The highest BCUT2D eigenvalue weighted by atomic mass is 16.5. The lowest BCUT2D eigenvalue weighted by atomic mass is 9.93. The van der Waals surface area contributed by atoms with Crippen LogP contribution >= 0.6 is 0 Å². The Balaban J connectivity index is 1.90. The molecule has 3 aliphatic rings. The van der Waals surface area contributed by atoms with Crippen molar-refractivity contribution in [1.82, 2.24) is 10.2 Å². The highest BCUT2D eigenvalue weighted by molar-refractivity contribution is 6.08. The number of hydrogen-bond acceptors (Lipinski definition) is 7.